The molecule has 1 atom stereocenters. The number of carbonyl (C=O) groups is 2. The van der Waals surface area contributed by atoms with Crippen LogP contribution in [-0.4, -0.2) is 25.0 Å². The van der Waals surface area contributed by atoms with Gasteiger partial charge in [-0.2, -0.15) is 0 Å². The second-order valence-electron chi connectivity index (χ2n) is 4.31. The first-order valence-electron chi connectivity index (χ1n) is 5.70. The Morgan fingerprint density at radius 1 is 1.28 bits per heavy atom. The van der Waals surface area contributed by atoms with Crippen LogP contribution in [0, 0.1) is 5.92 Å². The van der Waals surface area contributed by atoms with Crippen molar-refractivity contribution in [2.45, 2.75) is 19.9 Å². The number of esters is 1. The van der Waals surface area contributed by atoms with Crippen LogP contribution in [0.3, 0.4) is 0 Å². The minimum Gasteiger partial charge on any atom is -0.467 e. The lowest BCUT2D eigenvalue weighted by Crippen LogP contribution is -2.45. The Morgan fingerprint density at radius 3 is 2.39 bits per heavy atom. The minimum atomic E-state index is -0.679. The number of nitrogens with one attached hydrogen (secondary N) is 1. The van der Waals surface area contributed by atoms with Crippen molar-refractivity contribution < 1.29 is 14.3 Å². The molecule has 0 spiro atoms. The fourth-order valence-electron chi connectivity index (χ4n) is 1.55. The Balaban J connectivity index is 2.86. The molecule has 0 aromatic heterocycles. The lowest BCUT2D eigenvalue weighted by Gasteiger charge is -2.20. The molecule has 0 aliphatic heterocycles. The summed E-state index contributed by atoms with van der Waals surface area (Å²) in [6.45, 7) is 3.66. The quantitative estimate of drug-likeness (QED) is 0.621. The fraction of sp³-hybridized carbons (Fsp3) is 0.385. The van der Waals surface area contributed by atoms with E-state index in [1.807, 2.05) is 13.8 Å². The van der Waals surface area contributed by atoms with E-state index < -0.39 is 12.0 Å². The number of benzene rings is 1. The molecule has 0 aliphatic carbocycles. The van der Waals surface area contributed by atoms with Crippen molar-refractivity contribution in [3.63, 3.8) is 0 Å². The number of para-hydroxylation sites is 1. The molecular formula is C13H18N2O3. The third kappa shape index (κ3) is 3.23. The van der Waals surface area contributed by atoms with Gasteiger partial charge in [-0.05, 0) is 18.1 Å². The van der Waals surface area contributed by atoms with Crippen molar-refractivity contribution in [1.29, 1.82) is 0 Å². The smallest absolute Gasteiger partial charge is 0.328 e. The number of hydrogen-bond donors (Lipinski definition) is 2. The van der Waals surface area contributed by atoms with Gasteiger partial charge in [-0.3, -0.25) is 4.79 Å². The number of carbonyl (C=O) groups excluding carboxylic acids is 2. The monoisotopic (exact) mass is 250 g/mol. The highest BCUT2D eigenvalue weighted by atomic mass is 16.5. The third-order valence-electron chi connectivity index (χ3n) is 2.61. The molecule has 5 nitrogen and oxygen atoms in total. The zero-order valence-electron chi connectivity index (χ0n) is 10.8. The van der Waals surface area contributed by atoms with Crippen molar-refractivity contribution in [3.8, 4) is 0 Å². The summed E-state index contributed by atoms with van der Waals surface area (Å²) < 4.78 is 4.66. The average molecular weight is 250 g/mol. The fourth-order valence-corrected chi connectivity index (χ4v) is 1.55. The summed E-state index contributed by atoms with van der Waals surface area (Å²) in [5.41, 5.74) is 6.44. The first kappa shape index (κ1) is 14.0. The SMILES string of the molecule is COC(=O)C(NC(=O)c1ccccc1N)C(C)C. The van der Waals surface area contributed by atoms with Gasteiger partial charge < -0.3 is 15.8 Å². The van der Waals surface area contributed by atoms with Crippen LogP contribution in [0.2, 0.25) is 0 Å². The zero-order chi connectivity index (χ0) is 13.7. The highest BCUT2D eigenvalue weighted by Gasteiger charge is 2.25. The molecule has 0 fully saturated rings. The summed E-state index contributed by atoms with van der Waals surface area (Å²) in [6.07, 6.45) is 0. The molecule has 1 unspecified atom stereocenters. The highest BCUT2D eigenvalue weighted by molar-refractivity contribution is 6.00. The maximum atomic E-state index is 12.0. The molecule has 0 saturated heterocycles. The first-order valence-corrected chi connectivity index (χ1v) is 5.70. The van der Waals surface area contributed by atoms with Crippen molar-refractivity contribution in [1.82, 2.24) is 5.32 Å². The Morgan fingerprint density at radius 2 is 1.89 bits per heavy atom. The largest absolute Gasteiger partial charge is 0.467 e. The second-order valence-corrected chi connectivity index (χ2v) is 4.31. The lowest BCUT2D eigenvalue weighted by molar-refractivity contribution is -0.144. The van der Waals surface area contributed by atoms with Crippen LogP contribution in [0.25, 0.3) is 0 Å². The van der Waals surface area contributed by atoms with Crippen molar-refractivity contribution in [3.05, 3.63) is 29.8 Å². The molecule has 5 heteroatoms. The van der Waals surface area contributed by atoms with Crippen LogP contribution >= 0.6 is 0 Å². The highest BCUT2D eigenvalue weighted by Crippen LogP contribution is 2.12. The van der Waals surface area contributed by atoms with Crippen LogP contribution in [0.15, 0.2) is 24.3 Å². The van der Waals surface area contributed by atoms with Crippen LogP contribution in [0.4, 0.5) is 5.69 Å². The molecule has 0 aliphatic rings. The predicted molar refractivity (Wildman–Crippen MR) is 69.0 cm³/mol. The summed E-state index contributed by atoms with van der Waals surface area (Å²) in [7, 11) is 1.29. The lowest BCUT2D eigenvalue weighted by atomic mass is 10.0. The van der Waals surface area contributed by atoms with E-state index in [-0.39, 0.29) is 11.8 Å². The summed E-state index contributed by atoms with van der Waals surface area (Å²) in [5.74, 6) is -0.906. The van der Waals surface area contributed by atoms with Gasteiger partial charge in [0, 0.05) is 5.69 Å². The number of nitrogen functional groups attached to an aromatic ring is 1. The molecule has 1 aromatic rings. The van der Waals surface area contributed by atoms with E-state index in [1.54, 1.807) is 24.3 Å². The van der Waals surface area contributed by atoms with Crippen LogP contribution in [0.5, 0.6) is 0 Å². The average Bonchev–Trinajstić information content (AvgIpc) is 2.35. The molecule has 1 aromatic carbocycles. The number of anilines is 1. The normalized spacial score (nSPS) is 12.0. The Hall–Kier alpha value is -2.04. The van der Waals surface area contributed by atoms with Crippen molar-refractivity contribution >= 4 is 17.6 Å². The van der Waals surface area contributed by atoms with Gasteiger partial charge in [-0.15, -0.1) is 0 Å². The second kappa shape index (κ2) is 6.05. The standard InChI is InChI=1S/C13H18N2O3/c1-8(2)11(13(17)18-3)15-12(16)9-6-4-5-7-10(9)14/h4-8,11H,14H2,1-3H3,(H,15,16). The van der Waals surface area contributed by atoms with Gasteiger partial charge in [0.05, 0.1) is 12.7 Å². The molecule has 18 heavy (non-hydrogen) atoms. The number of amides is 1. The van der Waals surface area contributed by atoms with Gasteiger partial charge in [-0.1, -0.05) is 26.0 Å². The third-order valence-corrected chi connectivity index (χ3v) is 2.61. The zero-order valence-corrected chi connectivity index (χ0v) is 10.8. The molecule has 98 valence electrons. The van der Waals surface area contributed by atoms with E-state index in [9.17, 15) is 9.59 Å². The number of methoxy groups -OCH3 is 1. The number of nitrogens with two attached hydrogens (primary N) is 1. The maximum absolute atomic E-state index is 12.0. The van der Waals surface area contributed by atoms with E-state index in [1.165, 1.54) is 7.11 Å². The van der Waals surface area contributed by atoms with Gasteiger partial charge in [0.25, 0.3) is 5.91 Å². The van der Waals surface area contributed by atoms with Crippen LogP contribution in [-0.2, 0) is 9.53 Å². The molecule has 1 rings (SSSR count). The molecule has 0 saturated carbocycles. The topological polar surface area (TPSA) is 81.4 Å². The summed E-state index contributed by atoms with van der Waals surface area (Å²) in [6, 6.07) is 6.03. The predicted octanol–water partition coefficient (Wildman–Crippen LogP) is 1.20. The number of hydrogen-bond acceptors (Lipinski definition) is 4. The first-order chi connectivity index (χ1) is 8.47. The van der Waals surface area contributed by atoms with Gasteiger partial charge in [0.1, 0.15) is 6.04 Å². The Kier molecular flexibility index (Phi) is 4.71. The van der Waals surface area contributed by atoms with E-state index in [0.717, 1.165) is 0 Å². The Bertz CT molecular complexity index is 444. The van der Waals surface area contributed by atoms with Gasteiger partial charge in [0.15, 0.2) is 0 Å². The van der Waals surface area contributed by atoms with E-state index in [4.69, 9.17) is 5.73 Å². The van der Waals surface area contributed by atoms with Crippen LogP contribution < -0.4 is 11.1 Å². The Labute approximate surface area is 106 Å². The van der Waals surface area contributed by atoms with Crippen molar-refractivity contribution in [2.24, 2.45) is 5.92 Å². The molecule has 0 bridgehead atoms. The van der Waals surface area contributed by atoms with Crippen LogP contribution in [0.1, 0.15) is 24.2 Å². The van der Waals surface area contributed by atoms with Gasteiger partial charge in [0.2, 0.25) is 0 Å². The van der Waals surface area contributed by atoms with E-state index in [0.29, 0.717) is 11.3 Å². The maximum Gasteiger partial charge on any atom is 0.328 e. The van der Waals surface area contributed by atoms with Crippen molar-refractivity contribution in [2.75, 3.05) is 12.8 Å². The summed E-state index contributed by atoms with van der Waals surface area (Å²) in [5, 5.41) is 2.63. The summed E-state index contributed by atoms with van der Waals surface area (Å²) in [4.78, 5) is 23.5. The molecule has 0 heterocycles. The van der Waals surface area contributed by atoms with E-state index in [2.05, 4.69) is 10.1 Å². The minimum absolute atomic E-state index is 0.0636. The molecular weight excluding hydrogens is 232 g/mol. The van der Waals surface area contributed by atoms with Gasteiger partial charge >= 0.3 is 5.97 Å². The number of rotatable bonds is 4. The summed E-state index contributed by atoms with van der Waals surface area (Å²) >= 11 is 0. The number of ether oxygens (including phenoxy) is 1. The molecule has 1 amide bonds. The molecule has 3 N–H and O–H groups in total. The van der Waals surface area contributed by atoms with Gasteiger partial charge in [-0.25, -0.2) is 4.79 Å². The molecule has 0 radical (unpaired) electrons. The van der Waals surface area contributed by atoms with E-state index >= 15 is 0 Å².